The van der Waals surface area contributed by atoms with E-state index in [-0.39, 0.29) is 6.42 Å². The lowest BCUT2D eigenvalue weighted by Gasteiger charge is -1.95. The Morgan fingerprint density at radius 3 is 2.62 bits per heavy atom. The van der Waals surface area contributed by atoms with Crippen molar-refractivity contribution in [1.29, 1.82) is 0 Å². The number of rotatable bonds is 2. The van der Waals surface area contributed by atoms with Crippen LogP contribution in [0.15, 0.2) is 22.9 Å². The number of hydrogen-bond acceptors (Lipinski definition) is 2. The minimum absolute atomic E-state index is 0.0203. The third kappa shape index (κ3) is 5.36. The molecule has 0 spiro atoms. The maximum absolute atomic E-state index is 10.2. The first-order valence-corrected chi connectivity index (χ1v) is 4.79. The number of aliphatic carboxylic acids is 1. The van der Waals surface area contributed by atoms with Crippen molar-refractivity contribution in [2.75, 3.05) is 0 Å². The van der Waals surface area contributed by atoms with Gasteiger partial charge in [0.05, 0.1) is 6.42 Å². The van der Waals surface area contributed by atoms with Crippen LogP contribution in [0.1, 0.15) is 19.4 Å². The molecule has 1 aromatic heterocycles. The van der Waals surface area contributed by atoms with Crippen molar-refractivity contribution in [3.8, 4) is 0 Å². The summed E-state index contributed by atoms with van der Waals surface area (Å²) in [6, 6.07) is 1.74. The van der Waals surface area contributed by atoms with Crippen LogP contribution in [0, 0.1) is 0 Å². The molecule has 0 aliphatic rings. The van der Waals surface area contributed by atoms with Crippen molar-refractivity contribution >= 4 is 21.9 Å². The van der Waals surface area contributed by atoms with Crippen LogP contribution in [0.3, 0.4) is 0 Å². The van der Waals surface area contributed by atoms with E-state index < -0.39 is 5.97 Å². The second-order valence-corrected chi connectivity index (χ2v) is 3.00. The summed E-state index contributed by atoms with van der Waals surface area (Å²) in [5.74, 6) is -0.843. The number of pyridine rings is 1. The predicted molar refractivity (Wildman–Crippen MR) is 54.6 cm³/mol. The monoisotopic (exact) mass is 245 g/mol. The predicted octanol–water partition coefficient (Wildman–Crippen LogP) is 2.50. The van der Waals surface area contributed by atoms with Crippen LogP contribution in [0.25, 0.3) is 0 Å². The molecule has 0 atom stereocenters. The van der Waals surface area contributed by atoms with Crippen LogP contribution in [-0.2, 0) is 11.2 Å². The Bertz CT molecular complexity index is 276. The molecular formula is C9H12BrNO2. The van der Waals surface area contributed by atoms with Gasteiger partial charge in [0.25, 0.3) is 0 Å². The number of hydrogen-bond donors (Lipinski definition) is 1. The van der Waals surface area contributed by atoms with Crippen molar-refractivity contribution in [3.63, 3.8) is 0 Å². The quantitative estimate of drug-likeness (QED) is 0.872. The van der Waals surface area contributed by atoms with Gasteiger partial charge < -0.3 is 5.11 Å². The van der Waals surface area contributed by atoms with Gasteiger partial charge in [-0.3, -0.25) is 9.78 Å². The summed E-state index contributed by atoms with van der Waals surface area (Å²) in [6.07, 6.45) is 3.18. The molecule has 0 fully saturated rings. The Hall–Kier alpha value is -0.900. The van der Waals surface area contributed by atoms with Gasteiger partial charge in [0.15, 0.2) is 0 Å². The fraction of sp³-hybridized carbons (Fsp3) is 0.333. The molecule has 0 radical (unpaired) electrons. The van der Waals surface area contributed by atoms with E-state index in [9.17, 15) is 4.79 Å². The molecule has 1 rings (SSSR count). The summed E-state index contributed by atoms with van der Waals surface area (Å²) in [4.78, 5) is 14.1. The summed E-state index contributed by atoms with van der Waals surface area (Å²) in [7, 11) is 0. The fourth-order valence-corrected chi connectivity index (χ4v) is 1.14. The van der Waals surface area contributed by atoms with Gasteiger partial charge in [0.1, 0.15) is 0 Å². The van der Waals surface area contributed by atoms with Gasteiger partial charge in [0, 0.05) is 16.9 Å². The summed E-state index contributed by atoms with van der Waals surface area (Å²) in [5, 5.41) is 8.41. The molecule has 3 nitrogen and oxygen atoms in total. The summed E-state index contributed by atoms with van der Waals surface area (Å²) < 4.78 is 0.802. The SMILES string of the molecule is CC.O=C(O)Cc1cncc(Br)c1. The van der Waals surface area contributed by atoms with Gasteiger partial charge in [0.2, 0.25) is 0 Å². The maximum Gasteiger partial charge on any atom is 0.307 e. The normalized spacial score (nSPS) is 8.54. The van der Waals surface area contributed by atoms with E-state index in [2.05, 4.69) is 20.9 Å². The lowest BCUT2D eigenvalue weighted by Crippen LogP contribution is -1.99. The number of carboxylic acid groups (broad SMARTS) is 1. The number of halogens is 1. The van der Waals surface area contributed by atoms with Crippen molar-refractivity contribution in [2.45, 2.75) is 20.3 Å². The van der Waals surface area contributed by atoms with Gasteiger partial charge in [-0.15, -0.1) is 0 Å². The first-order chi connectivity index (χ1) is 6.18. The number of nitrogens with zero attached hydrogens (tertiary/aromatic N) is 1. The molecule has 1 heterocycles. The van der Waals surface area contributed by atoms with Gasteiger partial charge in [-0.25, -0.2) is 0 Å². The average Bonchev–Trinajstić information content (AvgIpc) is 2.06. The van der Waals surface area contributed by atoms with Crippen LogP contribution < -0.4 is 0 Å². The zero-order valence-electron chi connectivity index (χ0n) is 7.62. The molecule has 72 valence electrons. The zero-order chi connectivity index (χ0) is 10.3. The summed E-state index contributed by atoms with van der Waals surface area (Å²) in [6.45, 7) is 4.00. The zero-order valence-corrected chi connectivity index (χ0v) is 9.21. The minimum atomic E-state index is -0.843. The molecule has 0 saturated carbocycles. The molecule has 0 bridgehead atoms. The van der Waals surface area contributed by atoms with Crippen LogP contribution >= 0.6 is 15.9 Å². The fourth-order valence-electron chi connectivity index (χ4n) is 0.727. The Morgan fingerprint density at radius 1 is 1.54 bits per heavy atom. The summed E-state index contributed by atoms with van der Waals surface area (Å²) >= 11 is 3.20. The number of aromatic nitrogens is 1. The van der Waals surface area contributed by atoms with Crippen LogP contribution in [0.2, 0.25) is 0 Å². The number of carbonyl (C=O) groups is 1. The van der Waals surface area contributed by atoms with E-state index in [1.807, 2.05) is 13.8 Å². The van der Waals surface area contributed by atoms with E-state index in [4.69, 9.17) is 5.11 Å². The van der Waals surface area contributed by atoms with Gasteiger partial charge in [-0.2, -0.15) is 0 Å². The number of carboxylic acids is 1. The van der Waals surface area contributed by atoms with Gasteiger partial charge in [-0.1, -0.05) is 13.8 Å². The highest BCUT2D eigenvalue weighted by Gasteiger charge is 1.99. The Morgan fingerprint density at radius 2 is 2.15 bits per heavy atom. The van der Waals surface area contributed by atoms with E-state index in [1.54, 1.807) is 18.5 Å². The molecule has 4 heteroatoms. The molecule has 0 aromatic carbocycles. The lowest BCUT2D eigenvalue weighted by molar-refractivity contribution is -0.136. The second-order valence-electron chi connectivity index (χ2n) is 2.08. The topological polar surface area (TPSA) is 50.2 Å². The lowest BCUT2D eigenvalue weighted by atomic mass is 10.2. The molecular weight excluding hydrogens is 234 g/mol. The summed E-state index contributed by atoms with van der Waals surface area (Å²) in [5.41, 5.74) is 0.701. The molecule has 13 heavy (non-hydrogen) atoms. The molecule has 0 aliphatic carbocycles. The second kappa shape index (κ2) is 6.60. The third-order valence-corrected chi connectivity index (χ3v) is 1.55. The average molecular weight is 246 g/mol. The third-order valence-electron chi connectivity index (χ3n) is 1.12. The van der Waals surface area contributed by atoms with Crippen LogP contribution in [0.4, 0.5) is 0 Å². The van der Waals surface area contributed by atoms with E-state index in [0.29, 0.717) is 5.56 Å². The van der Waals surface area contributed by atoms with Crippen molar-refractivity contribution in [2.24, 2.45) is 0 Å². The van der Waals surface area contributed by atoms with E-state index in [1.165, 1.54) is 0 Å². The Kier molecular flexibility index (Phi) is 6.14. The first kappa shape index (κ1) is 12.1. The smallest absolute Gasteiger partial charge is 0.307 e. The standard InChI is InChI=1S/C7H6BrNO2.C2H6/c8-6-1-5(2-7(10)11)3-9-4-6;1-2/h1,3-4H,2H2,(H,10,11);1-2H3. The van der Waals surface area contributed by atoms with E-state index in [0.717, 1.165) is 4.47 Å². The highest BCUT2D eigenvalue weighted by molar-refractivity contribution is 9.10. The molecule has 1 aromatic rings. The molecule has 0 aliphatic heterocycles. The van der Waals surface area contributed by atoms with Crippen molar-refractivity contribution in [1.82, 2.24) is 4.98 Å². The maximum atomic E-state index is 10.2. The highest BCUT2D eigenvalue weighted by Crippen LogP contribution is 2.09. The highest BCUT2D eigenvalue weighted by atomic mass is 79.9. The van der Waals surface area contributed by atoms with Gasteiger partial charge in [-0.05, 0) is 27.6 Å². The van der Waals surface area contributed by atoms with Crippen LogP contribution in [0.5, 0.6) is 0 Å². The van der Waals surface area contributed by atoms with Crippen molar-refractivity contribution in [3.05, 3.63) is 28.5 Å². The van der Waals surface area contributed by atoms with E-state index >= 15 is 0 Å². The Balaban J connectivity index is 0.000000671. The van der Waals surface area contributed by atoms with Gasteiger partial charge >= 0.3 is 5.97 Å². The first-order valence-electron chi connectivity index (χ1n) is 3.99. The molecule has 0 unspecified atom stereocenters. The molecule has 0 amide bonds. The molecule has 1 N–H and O–H groups in total. The Labute approximate surface area is 85.9 Å². The minimum Gasteiger partial charge on any atom is -0.481 e. The van der Waals surface area contributed by atoms with Crippen LogP contribution in [-0.4, -0.2) is 16.1 Å². The largest absolute Gasteiger partial charge is 0.481 e. The van der Waals surface area contributed by atoms with Crippen molar-refractivity contribution < 1.29 is 9.90 Å². The molecule has 0 saturated heterocycles.